The molecule has 0 aromatic heterocycles. The Hall–Kier alpha value is -0.610. The zero-order valence-electron chi connectivity index (χ0n) is 12.0. The van der Waals surface area contributed by atoms with E-state index in [0.717, 1.165) is 31.7 Å². The van der Waals surface area contributed by atoms with Crippen LogP contribution < -0.4 is 11.1 Å². The van der Waals surface area contributed by atoms with E-state index in [4.69, 9.17) is 10.5 Å². The van der Waals surface area contributed by atoms with Gasteiger partial charge in [0.15, 0.2) is 0 Å². The molecule has 3 atom stereocenters. The fraction of sp³-hybridized carbons (Fsp3) is 0.929. The second-order valence-electron chi connectivity index (χ2n) is 5.83. The third-order valence-electron chi connectivity index (χ3n) is 3.80. The minimum Gasteiger partial charge on any atom is -0.376 e. The van der Waals surface area contributed by atoms with Gasteiger partial charge in [0.2, 0.25) is 5.91 Å². The number of hydrogen-bond acceptors (Lipinski definition) is 3. The number of amides is 1. The summed E-state index contributed by atoms with van der Waals surface area (Å²) in [5.74, 6) is 0.395. The van der Waals surface area contributed by atoms with Crippen molar-refractivity contribution in [3.8, 4) is 0 Å². The smallest absolute Gasteiger partial charge is 0.239 e. The van der Waals surface area contributed by atoms with Crippen molar-refractivity contribution in [3.05, 3.63) is 0 Å². The standard InChI is InChI=1S/C14H28N2O2/c1-4-8-16-14(3,13(15)17)10-18-12-7-5-6-11(2)9-12/h11-12,16H,4-10H2,1-3H3,(H2,15,17). The fourth-order valence-corrected chi connectivity index (χ4v) is 2.42. The lowest BCUT2D eigenvalue weighted by molar-refractivity contribution is -0.128. The molecule has 3 N–H and O–H groups in total. The van der Waals surface area contributed by atoms with Gasteiger partial charge >= 0.3 is 0 Å². The highest BCUT2D eigenvalue weighted by Crippen LogP contribution is 2.26. The summed E-state index contributed by atoms with van der Waals surface area (Å²) in [6, 6.07) is 0. The second kappa shape index (κ2) is 7.10. The monoisotopic (exact) mass is 256 g/mol. The molecule has 0 heterocycles. The highest BCUT2D eigenvalue weighted by Gasteiger charge is 2.32. The van der Waals surface area contributed by atoms with E-state index in [1.54, 1.807) is 0 Å². The molecule has 1 aliphatic rings. The van der Waals surface area contributed by atoms with Crippen LogP contribution in [0.15, 0.2) is 0 Å². The highest BCUT2D eigenvalue weighted by molar-refractivity contribution is 5.84. The molecular weight excluding hydrogens is 228 g/mol. The van der Waals surface area contributed by atoms with Gasteiger partial charge in [-0.3, -0.25) is 4.79 Å². The number of nitrogens with one attached hydrogen (secondary N) is 1. The lowest BCUT2D eigenvalue weighted by Crippen LogP contribution is -2.57. The van der Waals surface area contributed by atoms with Crippen LogP contribution in [-0.2, 0) is 9.53 Å². The van der Waals surface area contributed by atoms with Gasteiger partial charge in [-0.25, -0.2) is 0 Å². The zero-order chi connectivity index (χ0) is 13.6. The van der Waals surface area contributed by atoms with E-state index in [0.29, 0.717) is 6.61 Å². The van der Waals surface area contributed by atoms with Crippen molar-refractivity contribution in [3.63, 3.8) is 0 Å². The topological polar surface area (TPSA) is 64.3 Å². The molecule has 4 heteroatoms. The summed E-state index contributed by atoms with van der Waals surface area (Å²) in [6.45, 7) is 7.32. The first-order chi connectivity index (χ1) is 8.48. The van der Waals surface area contributed by atoms with E-state index in [9.17, 15) is 4.79 Å². The van der Waals surface area contributed by atoms with Crippen molar-refractivity contribution in [2.45, 2.75) is 64.5 Å². The number of ether oxygens (including phenoxy) is 1. The van der Waals surface area contributed by atoms with Crippen LogP contribution in [0.1, 0.15) is 52.9 Å². The van der Waals surface area contributed by atoms with E-state index in [2.05, 4.69) is 19.2 Å². The molecule has 1 saturated carbocycles. The Labute approximate surface area is 111 Å². The number of primary amides is 1. The summed E-state index contributed by atoms with van der Waals surface area (Å²) in [5, 5.41) is 3.20. The first-order valence-electron chi connectivity index (χ1n) is 7.14. The Morgan fingerprint density at radius 2 is 2.22 bits per heavy atom. The molecule has 1 fully saturated rings. The van der Waals surface area contributed by atoms with Gasteiger partial charge in [-0.2, -0.15) is 0 Å². The predicted octanol–water partition coefficient (Wildman–Crippen LogP) is 1.83. The molecule has 0 spiro atoms. The number of carbonyl (C=O) groups is 1. The van der Waals surface area contributed by atoms with Crippen LogP contribution in [0.2, 0.25) is 0 Å². The minimum atomic E-state index is -0.739. The normalized spacial score (nSPS) is 27.7. The average Bonchev–Trinajstić information content (AvgIpc) is 2.34. The summed E-state index contributed by atoms with van der Waals surface area (Å²) in [4.78, 5) is 11.5. The number of nitrogens with two attached hydrogens (primary N) is 1. The van der Waals surface area contributed by atoms with Crippen molar-refractivity contribution in [2.75, 3.05) is 13.2 Å². The van der Waals surface area contributed by atoms with Crippen molar-refractivity contribution >= 4 is 5.91 Å². The zero-order valence-corrected chi connectivity index (χ0v) is 12.0. The second-order valence-corrected chi connectivity index (χ2v) is 5.83. The van der Waals surface area contributed by atoms with E-state index in [1.807, 2.05) is 6.92 Å². The van der Waals surface area contributed by atoms with Crippen molar-refractivity contribution < 1.29 is 9.53 Å². The highest BCUT2D eigenvalue weighted by atomic mass is 16.5. The summed E-state index contributed by atoms with van der Waals surface area (Å²) >= 11 is 0. The molecule has 1 rings (SSSR count). The third-order valence-corrected chi connectivity index (χ3v) is 3.80. The van der Waals surface area contributed by atoms with E-state index >= 15 is 0 Å². The molecule has 0 aliphatic heterocycles. The quantitative estimate of drug-likeness (QED) is 0.730. The fourth-order valence-electron chi connectivity index (χ4n) is 2.42. The van der Waals surface area contributed by atoms with Gasteiger partial charge in [-0.05, 0) is 38.6 Å². The molecular formula is C14H28N2O2. The maximum absolute atomic E-state index is 11.5. The van der Waals surface area contributed by atoms with E-state index in [1.165, 1.54) is 12.8 Å². The first-order valence-corrected chi connectivity index (χ1v) is 7.14. The summed E-state index contributed by atoms with van der Waals surface area (Å²) in [6.07, 6.45) is 5.98. The van der Waals surface area contributed by atoms with Gasteiger partial charge in [0.25, 0.3) is 0 Å². The maximum atomic E-state index is 11.5. The van der Waals surface area contributed by atoms with Crippen LogP contribution >= 0.6 is 0 Å². The molecule has 0 radical (unpaired) electrons. The van der Waals surface area contributed by atoms with E-state index < -0.39 is 5.54 Å². The molecule has 0 bridgehead atoms. The minimum absolute atomic E-state index is 0.288. The van der Waals surface area contributed by atoms with Crippen LogP contribution in [0.3, 0.4) is 0 Å². The largest absolute Gasteiger partial charge is 0.376 e. The van der Waals surface area contributed by atoms with Crippen molar-refractivity contribution in [1.29, 1.82) is 0 Å². The van der Waals surface area contributed by atoms with E-state index in [-0.39, 0.29) is 12.0 Å². The van der Waals surface area contributed by atoms with Gasteiger partial charge in [0.1, 0.15) is 5.54 Å². The van der Waals surface area contributed by atoms with Gasteiger partial charge < -0.3 is 15.8 Å². The molecule has 0 saturated heterocycles. The Morgan fingerprint density at radius 1 is 1.50 bits per heavy atom. The third kappa shape index (κ3) is 4.58. The molecule has 106 valence electrons. The molecule has 3 unspecified atom stereocenters. The molecule has 1 amide bonds. The number of carbonyl (C=O) groups excluding carboxylic acids is 1. The molecule has 0 aromatic carbocycles. The van der Waals surface area contributed by atoms with Gasteiger partial charge in [-0.15, -0.1) is 0 Å². The van der Waals surface area contributed by atoms with Gasteiger partial charge in [-0.1, -0.05) is 26.7 Å². The molecule has 0 aromatic rings. The number of rotatable bonds is 7. The van der Waals surface area contributed by atoms with Crippen LogP contribution in [0.4, 0.5) is 0 Å². The average molecular weight is 256 g/mol. The lowest BCUT2D eigenvalue weighted by atomic mass is 9.88. The van der Waals surface area contributed by atoms with Crippen molar-refractivity contribution in [1.82, 2.24) is 5.32 Å². The maximum Gasteiger partial charge on any atom is 0.239 e. The van der Waals surface area contributed by atoms with Gasteiger partial charge in [0.05, 0.1) is 12.7 Å². The van der Waals surface area contributed by atoms with Crippen LogP contribution in [0, 0.1) is 5.92 Å². The van der Waals surface area contributed by atoms with Crippen LogP contribution in [0.25, 0.3) is 0 Å². The van der Waals surface area contributed by atoms with Gasteiger partial charge in [0, 0.05) is 0 Å². The van der Waals surface area contributed by atoms with Crippen LogP contribution in [0.5, 0.6) is 0 Å². The molecule has 18 heavy (non-hydrogen) atoms. The Morgan fingerprint density at radius 3 is 2.78 bits per heavy atom. The van der Waals surface area contributed by atoms with Crippen LogP contribution in [-0.4, -0.2) is 30.7 Å². The Bertz CT molecular complexity index is 271. The summed E-state index contributed by atoms with van der Waals surface area (Å²) in [7, 11) is 0. The molecule has 1 aliphatic carbocycles. The Kier molecular flexibility index (Phi) is 6.09. The summed E-state index contributed by atoms with van der Waals surface area (Å²) < 4.78 is 5.91. The lowest BCUT2D eigenvalue weighted by Gasteiger charge is -2.32. The first kappa shape index (κ1) is 15.4. The Balaban J connectivity index is 2.43. The number of hydrogen-bond donors (Lipinski definition) is 2. The summed E-state index contributed by atoms with van der Waals surface area (Å²) in [5.41, 5.74) is 4.73. The predicted molar refractivity (Wildman–Crippen MR) is 73.3 cm³/mol. The van der Waals surface area contributed by atoms with Crippen molar-refractivity contribution in [2.24, 2.45) is 11.7 Å². The SMILES string of the molecule is CCCNC(C)(COC1CCCC(C)C1)C(N)=O. The molecule has 4 nitrogen and oxygen atoms in total.